The zero-order valence-corrected chi connectivity index (χ0v) is 14.3. The van der Waals surface area contributed by atoms with Crippen LogP contribution < -0.4 is 15.0 Å². The van der Waals surface area contributed by atoms with Crippen molar-refractivity contribution in [3.05, 3.63) is 6.33 Å². The van der Waals surface area contributed by atoms with Crippen LogP contribution in [0.1, 0.15) is 40.5 Å². The van der Waals surface area contributed by atoms with E-state index in [0.29, 0.717) is 11.8 Å². The van der Waals surface area contributed by atoms with Gasteiger partial charge < -0.3 is 15.0 Å². The van der Waals surface area contributed by atoms with E-state index in [1.807, 2.05) is 7.05 Å². The Morgan fingerprint density at radius 3 is 2.10 bits per heavy atom. The van der Waals surface area contributed by atoms with Crippen molar-refractivity contribution in [2.24, 2.45) is 11.8 Å². The monoisotopic (exact) mass is 294 g/mol. The fraction of sp³-hybridized carbons (Fsp3) is 0.750. The lowest BCUT2D eigenvalue weighted by Crippen LogP contribution is -2.29. The molecule has 0 aromatic carbocycles. The van der Waals surface area contributed by atoms with Crippen molar-refractivity contribution < 1.29 is 4.74 Å². The van der Waals surface area contributed by atoms with Crippen LogP contribution in [0.3, 0.4) is 0 Å². The molecule has 0 aliphatic carbocycles. The number of rotatable bonds is 9. The largest absolute Gasteiger partial charge is 0.490 e. The molecule has 0 saturated carbocycles. The van der Waals surface area contributed by atoms with Crippen LogP contribution in [0, 0.1) is 11.8 Å². The van der Waals surface area contributed by atoms with Crippen LogP contribution in [0.4, 0.5) is 11.6 Å². The summed E-state index contributed by atoms with van der Waals surface area (Å²) in [6.07, 6.45) is 3.88. The van der Waals surface area contributed by atoms with Gasteiger partial charge in [0.2, 0.25) is 5.75 Å². The Balaban J connectivity index is 3.00. The summed E-state index contributed by atoms with van der Waals surface area (Å²) in [5.41, 5.74) is 0. The van der Waals surface area contributed by atoms with Crippen LogP contribution in [-0.4, -0.2) is 37.2 Å². The van der Waals surface area contributed by atoms with Gasteiger partial charge in [-0.25, -0.2) is 9.97 Å². The van der Waals surface area contributed by atoms with E-state index in [4.69, 9.17) is 4.74 Å². The van der Waals surface area contributed by atoms with Gasteiger partial charge in [-0.3, -0.25) is 0 Å². The number of anilines is 2. The first-order chi connectivity index (χ1) is 9.99. The van der Waals surface area contributed by atoms with E-state index in [-0.39, 0.29) is 0 Å². The van der Waals surface area contributed by atoms with E-state index >= 15 is 0 Å². The molecular formula is C16H30N4O. The predicted molar refractivity (Wildman–Crippen MR) is 89.3 cm³/mol. The van der Waals surface area contributed by atoms with E-state index in [1.54, 1.807) is 13.4 Å². The Hall–Kier alpha value is -1.52. The Morgan fingerprint density at radius 2 is 1.67 bits per heavy atom. The van der Waals surface area contributed by atoms with Gasteiger partial charge in [0.25, 0.3) is 0 Å². The summed E-state index contributed by atoms with van der Waals surface area (Å²) in [5.74, 6) is 3.69. The minimum Gasteiger partial charge on any atom is -0.490 e. The minimum atomic E-state index is 0.670. The molecule has 1 aromatic rings. The van der Waals surface area contributed by atoms with Gasteiger partial charge in [0, 0.05) is 20.1 Å². The van der Waals surface area contributed by atoms with Crippen LogP contribution >= 0.6 is 0 Å². The Bertz CT molecular complexity index is 409. The van der Waals surface area contributed by atoms with Crippen molar-refractivity contribution >= 4 is 11.6 Å². The van der Waals surface area contributed by atoms with Gasteiger partial charge in [0.1, 0.15) is 6.33 Å². The van der Waals surface area contributed by atoms with Crippen LogP contribution in [-0.2, 0) is 0 Å². The maximum absolute atomic E-state index is 5.53. The quantitative estimate of drug-likeness (QED) is 0.756. The molecule has 5 heteroatoms. The summed E-state index contributed by atoms with van der Waals surface area (Å²) in [6, 6.07) is 0. The zero-order chi connectivity index (χ0) is 15.8. The van der Waals surface area contributed by atoms with Crippen molar-refractivity contribution in [2.75, 3.05) is 37.5 Å². The summed E-state index contributed by atoms with van der Waals surface area (Å²) < 4.78 is 5.53. The number of hydrogen-bond donors (Lipinski definition) is 1. The third kappa shape index (κ3) is 5.40. The third-order valence-electron chi connectivity index (χ3n) is 3.48. The standard InChI is InChI=1S/C16H30N4O/c1-12(2)7-9-20(10-8-13(3)4)16-14(21-6)15(17-5)18-11-19-16/h11-13H,7-10H2,1-6H3,(H,17,18,19). The molecule has 1 N–H and O–H groups in total. The molecule has 0 radical (unpaired) electrons. The highest BCUT2D eigenvalue weighted by Crippen LogP contribution is 2.32. The second kappa shape index (κ2) is 8.70. The van der Waals surface area contributed by atoms with Crippen molar-refractivity contribution in [2.45, 2.75) is 40.5 Å². The molecule has 0 aliphatic heterocycles. The average molecular weight is 294 g/mol. The van der Waals surface area contributed by atoms with Crippen LogP contribution in [0.2, 0.25) is 0 Å². The fourth-order valence-electron chi connectivity index (χ4n) is 2.11. The number of nitrogens with zero attached hydrogens (tertiary/aromatic N) is 3. The SMILES string of the molecule is CNc1ncnc(N(CCC(C)C)CCC(C)C)c1OC. The predicted octanol–water partition coefficient (Wildman–Crippen LogP) is 3.43. The minimum absolute atomic E-state index is 0.670. The van der Waals surface area contributed by atoms with E-state index < -0.39 is 0 Å². The molecule has 0 unspecified atom stereocenters. The summed E-state index contributed by atoms with van der Waals surface area (Å²) in [6.45, 7) is 11.0. The van der Waals surface area contributed by atoms with Gasteiger partial charge in [-0.05, 0) is 24.7 Å². The maximum Gasteiger partial charge on any atom is 0.204 e. The summed E-state index contributed by atoms with van der Waals surface area (Å²) in [5, 5.41) is 3.07. The fourth-order valence-corrected chi connectivity index (χ4v) is 2.11. The highest BCUT2D eigenvalue weighted by molar-refractivity contribution is 5.64. The molecule has 21 heavy (non-hydrogen) atoms. The van der Waals surface area contributed by atoms with Gasteiger partial charge in [0.15, 0.2) is 11.6 Å². The topological polar surface area (TPSA) is 50.3 Å². The molecule has 0 saturated heterocycles. The molecule has 1 heterocycles. The molecule has 0 bridgehead atoms. The molecule has 0 fully saturated rings. The highest BCUT2D eigenvalue weighted by Gasteiger charge is 2.18. The number of aromatic nitrogens is 2. The molecule has 0 aliphatic rings. The van der Waals surface area contributed by atoms with Gasteiger partial charge in [-0.2, -0.15) is 0 Å². The molecule has 0 atom stereocenters. The Morgan fingerprint density at radius 1 is 1.10 bits per heavy atom. The summed E-state index contributed by atoms with van der Waals surface area (Å²) in [7, 11) is 3.52. The van der Waals surface area contributed by atoms with Crippen LogP contribution in [0.25, 0.3) is 0 Å². The van der Waals surface area contributed by atoms with E-state index in [1.165, 1.54) is 0 Å². The first kappa shape index (κ1) is 17.5. The lowest BCUT2D eigenvalue weighted by atomic mass is 10.1. The van der Waals surface area contributed by atoms with E-state index in [9.17, 15) is 0 Å². The number of ether oxygens (including phenoxy) is 1. The second-order valence-electron chi connectivity index (χ2n) is 6.18. The lowest BCUT2D eigenvalue weighted by Gasteiger charge is -2.27. The second-order valence-corrected chi connectivity index (χ2v) is 6.18. The van der Waals surface area contributed by atoms with Gasteiger partial charge in [0.05, 0.1) is 7.11 Å². The highest BCUT2D eigenvalue weighted by atomic mass is 16.5. The smallest absolute Gasteiger partial charge is 0.204 e. The molecule has 0 spiro atoms. The van der Waals surface area contributed by atoms with Gasteiger partial charge in [-0.15, -0.1) is 0 Å². The summed E-state index contributed by atoms with van der Waals surface area (Å²) in [4.78, 5) is 11.0. The van der Waals surface area contributed by atoms with Crippen molar-refractivity contribution in [3.8, 4) is 5.75 Å². The van der Waals surface area contributed by atoms with Gasteiger partial charge >= 0.3 is 0 Å². The molecular weight excluding hydrogens is 264 g/mol. The van der Waals surface area contributed by atoms with E-state index in [0.717, 1.165) is 43.3 Å². The molecule has 1 aromatic heterocycles. The number of methoxy groups -OCH3 is 1. The molecule has 1 rings (SSSR count). The normalized spacial score (nSPS) is 11.0. The number of hydrogen-bond acceptors (Lipinski definition) is 5. The zero-order valence-electron chi connectivity index (χ0n) is 14.3. The Labute approximate surface area is 129 Å². The van der Waals surface area contributed by atoms with Crippen LogP contribution in [0.15, 0.2) is 6.33 Å². The van der Waals surface area contributed by atoms with E-state index in [2.05, 4.69) is 47.9 Å². The molecule has 120 valence electrons. The first-order valence-electron chi connectivity index (χ1n) is 7.81. The number of nitrogens with one attached hydrogen (secondary N) is 1. The van der Waals surface area contributed by atoms with Crippen LogP contribution in [0.5, 0.6) is 5.75 Å². The molecule has 5 nitrogen and oxygen atoms in total. The Kier molecular flexibility index (Phi) is 7.26. The van der Waals surface area contributed by atoms with Crippen molar-refractivity contribution in [1.82, 2.24) is 9.97 Å². The third-order valence-corrected chi connectivity index (χ3v) is 3.48. The first-order valence-corrected chi connectivity index (χ1v) is 7.81. The van der Waals surface area contributed by atoms with Crippen molar-refractivity contribution in [1.29, 1.82) is 0 Å². The van der Waals surface area contributed by atoms with Gasteiger partial charge in [-0.1, -0.05) is 27.7 Å². The maximum atomic E-state index is 5.53. The molecule has 0 amide bonds. The lowest BCUT2D eigenvalue weighted by molar-refractivity contribution is 0.410. The average Bonchev–Trinajstić information content (AvgIpc) is 2.45. The van der Waals surface area contributed by atoms with Crippen molar-refractivity contribution in [3.63, 3.8) is 0 Å². The summed E-state index contributed by atoms with van der Waals surface area (Å²) >= 11 is 0.